The molecule has 0 spiro atoms. The molecule has 3 nitrogen and oxygen atoms in total. The zero-order chi connectivity index (χ0) is 15.5. The van der Waals surface area contributed by atoms with Gasteiger partial charge in [-0.05, 0) is 42.8 Å². The van der Waals surface area contributed by atoms with Crippen LogP contribution in [0, 0.1) is 0 Å². The quantitative estimate of drug-likeness (QED) is 0.843. The summed E-state index contributed by atoms with van der Waals surface area (Å²) in [5, 5.41) is 3.49. The fourth-order valence-electron chi connectivity index (χ4n) is 2.21. The zero-order valence-corrected chi connectivity index (χ0v) is 14.3. The molecule has 0 radical (unpaired) electrons. The molecule has 0 bridgehead atoms. The van der Waals surface area contributed by atoms with E-state index in [2.05, 4.69) is 16.5 Å². The first kappa shape index (κ1) is 15.5. The summed E-state index contributed by atoms with van der Waals surface area (Å²) in [6.45, 7) is 1.96. The van der Waals surface area contributed by atoms with Crippen molar-refractivity contribution in [1.82, 2.24) is 5.43 Å². The molecule has 22 heavy (non-hydrogen) atoms. The molecule has 1 N–H and O–H groups in total. The number of thioether (sulfide) groups is 1. The lowest BCUT2D eigenvalue weighted by Crippen LogP contribution is -2.39. The molecule has 1 unspecified atom stereocenters. The van der Waals surface area contributed by atoms with Crippen LogP contribution in [-0.2, 0) is 5.75 Å². The van der Waals surface area contributed by atoms with Crippen molar-refractivity contribution in [3.05, 3.63) is 64.1 Å². The number of hydrogen-bond donors (Lipinski definition) is 1. The Hall–Kier alpha value is -1.36. The SMILES string of the molecule is CC1=NC(SCc2cccc(Cl)c2)N(c2cccc(Cl)c2)N1. The second-order valence-electron chi connectivity index (χ2n) is 4.94. The molecule has 0 aliphatic carbocycles. The normalized spacial score (nSPS) is 17.3. The molecule has 1 aliphatic rings. The van der Waals surface area contributed by atoms with Gasteiger partial charge in [-0.2, -0.15) is 0 Å². The highest BCUT2D eigenvalue weighted by atomic mass is 35.5. The third-order valence-electron chi connectivity index (χ3n) is 3.18. The molecule has 0 fully saturated rings. The summed E-state index contributed by atoms with van der Waals surface area (Å²) in [6.07, 6.45) is 0. The Labute approximate surface area is 144 Å². The molecular formula is C16H15Cl2N3S. The molecule has 2 aromatic rings. The van der Waals surface area contributed by atoms with Gasteiger partial charge >= 0.3 is 0 Å². The van der Waals surface area contributed by atoms with E-state index in [1.54, 1.807) is 11.8 Å². The Morgan fingerprint density at radius 2 is 1.86 bits per heavy atom. The molecule has 3 rings (SSSR count). The number of hydrazine groups is 1. The summed E-state index contributed by atoms with van der Waals surface area (Å²) in [5.41, 5.74) is 5.42. The van der Waals surface area contributed by atoms with Crippen LogP contribution in [-0.4, -0.2) is 11.3 Å². The van der Waals surface area contributed by atoms with E-state index in [0.29, 0.717) is 5.02 Å². The molecule has 0 amide bonds. The Morgan fingerprint density at radius 3 is 2.59 bits per heavy atom. The molecule has 0 aromatic heterocycles. The summed E-state index contributed by atoms with van der Waals surface area (Å²) in [6, 6.07) is 15.6. The smallest absolute Gasteiger partial charge is 0.189 e. The summed E-state index contributed by atoms with van der Waals surface area (Å²) in [4.78, 5) is 4.63. The predicted molar refractivity (Wildman–Crippen MR) is 96.7 cm³/mol. The van der Waals surface area contributed by atoms with Crippen LogP contribution in [0.3, 0.4) is 0 Å². The van der Waals surface area contributed by atoms with Gasteiger partial charge in [0.1, 0.15) is 5.84 Å². The van der Waals surface area contributed by atoms with Crippen LogP contribution in [0.5, 0.6) is 0 Å². The van der Waals surface area contributed by atoms with Crippen molar-refractivity contribution in [3.63, 3.8) is 0 Å². The van der Waals surface area contributed by atoms with Crippen molar-refractivity contribution in [2.75, 3.05) is 5.01 Å². The van der Waals surface area contributed by atoms with E-state index in [9.17, 15) is 0 Å². The van der Waals surface area contributed by atoms with Crippen molar-refractivity contribution in [2.45, 2.75) is 18.2 Å². The van der Waals surface area contributed by atoms with E-state index in [-0.39, 0.29) is 5.50 Å². The van der Waals surface area contributed by atoms with E-state index in [1.165, 1.54) is 5.56 Å². The number of nitrogens with one attached hydrogen (secondary N) is 1. The second-order valence-corrected chi connectivity index (χ2v) is 6.86. The molecule has 1 atom stereocenters. The fraction of sp³-hybridized carbons (Fsp3) is 0.188. The zero-order valence-electron chi connectivity index (χ0n) is 12.0. The highest BCUT2D eigenvalue weighted by molar-refractivity contribution is 7.99. The van der Waals surface area contributed by atoms with Gasteiger partial charge in [-0.25, -0.2) is 4.99 Å². The monoisotopic (exact) mass is 351 g/mol. The van der Waals surface area contributed by atoms with Crippen LogP contribution in [0.25, 0.3) is 0 Å². The lowest BCUT2D eigenvalue weighted by Gasteiger charge is -2.25. The minimum atomic E-state index is -0.0301. The molecule has 0 saturated heterocycles. The highest BCUT2D eigenvalue weighted by Gasteiger charge is 2.25. The van der Waals surface area contributed by atoms with Crippen LogP contribution in [0.4, 0.5) is 5.69 Å². The first-order chi connectivity index (χ1) is 10.6. The minimum absolute atomic E-state index is 0.0301. The Balaban J connectivity index is 1.73. The van der Waals surface area contributed by atoms with Gasteiger partial charge in [0.2, 0.25) is 0 Å². The molecule has 6 heteroatoms. The van der Waals surface area contributed by atoms with Gasteiger partial charge in [0, 0.05) is 15.8 Å². The maximum Gasteiger partial charge on any atom is 0.189 e. The number of anilines is 1. The summed E-state index contributed by atoms with van der Waals surface area (Å²) in [5.74, 6) is 1.73. The molecule has 0 saturated carbocycles. The van der Waals surface area contributed by atoms with Crippen LogP contribution in [0.1, 0.15) is 12.5 Å². The lowest BCUT2D eigenvalue weighted by molar-refractivity contribution is 0.799. The van der Waals surface area contributed by atoms with Gasteiger partial charge in [-0.15, -0.1) is 11.8 Å². The number of hydrogen-bond acceptors (Lipinski definition) is 4. The van der Waals surface area contributed by atoms with Crippen LogP contribution < -0.4 is 10.4 Å². The number of amidine groups is 1. The molecule has 1 heterocycles. The third kappa shape index (κ3) is 3.69. The molecule has 2 aromatic carbocycles. The Bertz CT molecular complexity index is 705. The number of benzene rings is 2. The Kier molecular flexibility index (Phi) is 4.81. The van der Waals surface area contributed by atoms with E-state index < -0.39 is 0 Å². The topological polar surface area (TPSA) is 27.6 Å². The minimum Gasteiger partial charge on any atom is -0.283 e. The van der Waals surface area contributed by atoms with Gasteiger partial charge in [-0.1, -0.05) is 41.4 Å². The van der Waals surface area contributed by atoms with Gasteiger partial charge in [0.15, 0.2) is 5.50 Å². The van der Waals surface area contributed by atoms with Crippen molar-refractivity contribution in [1.29, 1.82) is 0 Å². The second kappa shape index (κ2) is 6.82. The largest absolute Gasteiger partial charge is 0.283 e. The molecule has 1 aliphatic heterocycles. The molecular weight excluding hydrogens is 337 g/mol. The van der Waals surface area contributed by atoms with E-state index in [4.69, 9.17) is 23.2 Å². The van der Waals surface area contributed by atoms with Crippen molar-refractivity contribution in [3.8, 4) is 0 Å². The number of halogens is 2. The maximum atomic E-state index is 6.08. The van der Waals surface area contributed by atoms with Gasteiger partial charge in [0.25, 0.3) is 0 Å². The van der Waals surface area contributed by atoms with Crippen LogP contribution >= 0.6 is 35.0 Å². The summed E-state index contributed by atoms with van der Waals surface area (Å²) in [7, 11) is 0. The van der Waals surface area contributed by atoms with E-state index >= 15 is 0 Å². The number of nitrogens with zero attached hydrogens (tertiary/aromatic N) is 2. The summed E-state index contributed by atoms with van der Waals surface area (Å²) < 4.78 is 0. The van der Waals surface area contributed by atoms with Gasteiger partial charge < -0.3 is 0 Å². The van der Waals surface area contributed by atoms with E-state index in [0.717, 1.165) is 22.3 Å². The first-order valence-corrected chi connectivity index (χ1v) is 8.64. The molecule has 114 valence electrons. The maximum absolute atomic E-state index is 6.08. The number of aliphatic imine (C=N–C) groups is 1. The van der Waals surface area contributed by atoms with Crippen molar-refractivity contribution >= 4 is 46.5 Å². The van der Waals surface area contributed by atoms with Crippen molar-refractivity contribution < 1.29 is 0 Å². The van der Waals surface area contributed by atoms with Crippen LogP contribution in [0.2, 0.25) is 10.0 Å². The third-order valence-corrected chi connectivity index (χ3v) is 4.77. The average Bonchev–Trinajstić information content (AvgIpc) is 2.86. The Morgan fingerprint density at radius 1 is 1.14 bits per heavy atom. The standard InChI is InChI=1S/C16H15Cl2N3S/c1-11-19-16(22-10-12-4-2-5-13(17)8-12)21(20-11)15-7-3-6-14(18)9-15/h2-9,16H,10H2,1H3,(H,19,20). The number of rotatable bonds is 4. The predicted octanol–water partition coefficient (Wildman–Crippen LogP) is 4.95. The van der Waals surface area contributed by atoms with Gasteiger partial charge in [-0.3, -0.25) is 10.4 Å². The lowest BCUT2D eigenvalue weighted by atomic mass is 10.2. The van der Waals surface area contributed by atoms with Crippen molar-refractivity contribution in [2.24, 2.45) is 4.99 Å². The fourth-order valence-corrected chi connectivity index (χ4v) is 3.68. The highest BCUT2D eigenvalue weighted by Crippen LogP contribution is 2.30. The summed E-state index contributed by atoms with van der Waals surface area (Å²) >= 11 is 13.8. The average molecular weight is 352 g/mol. The van der Waals surface area contributed by atoms with Gasteiger partial charge in [0.05, 0.1) is 5.69 Å². The van der Waals surface area contributed by atoms with E-state index in [1.807, 2.05) is 54.4 Å². The van der Waals surface area contributed by atoms with Crippen LogP contribution in [0.15, 0.2) is 53.5 Å². The first-order valence-electron chi connectivity index (χ1n) is 6.84.